The van der Waals surface area contributed by atoms with E-state index in [1.807, 2.05) is 0 Å². The van der Waals surface area contributed by atoms with Crippen LogP contribution >= 0.6 is 11.6 Å². The van der Waals surface area contributed by atoms with E-state index in [1.54, 1.807) is 12.3 Å². The Kier molecular flexibility index (Phi) is 1.93. The fourth-order valence-corrected chi connectivity index (χ4v) is 1.56. The van der Waals surface area contributed by atoms with E-state index in [4.69, 9.17) is 11.6 Å². The highest BCUT2D eigenvalue weighted by Gasteiger charge is 2.26. The average molecular weight is 184 g/mol. The summed E-state index contributed by atoms with van der Waals surface area (Å²) in [4.78, 5) is 14.4. The lowest BCUT2D eigenvalue weighted by atomic mass is 9.81. The van der Waals surface area contributed by atoms with Gasteiger partial charge in [-0.2, -0.15) is 0 Å². The van der Waals surface area contributed by atoms with Gasteiger partial charge in [0.2, 0.25) is 0 Å². The van der Waals surface area contributed by atoms with Gasteiger partial charge in [-0.05, 0) is 18.9 Å². The first-order chi connectivity index (χ1) is 5.77. The third kappa shape index (κ3) is 1.27. The normalized spacial score (nSPS) is 17.4. The van der Waals surface area contributed by atoms with Crippen molar-refractivity contribution in [3.05, 3.63) is 23.0 Å². The highest BCUT2D eigenvalue weighted by molar-refractivity contribution is 6.31. The summed E-state index contributed by atoms with van der Waals surface area (Å²) in [6.45, 7) is 0. The van der Waals surface area contributed by atoms with Crippen LogP contribution in [-0.4, -0.2) is 10.8 Å². The Hall–Kier alpha value is -0.760. The SMILES string of the molecule is O=C(c1cc(Cl)c[nH]1)C1CCC1. The number of halogens is 1. The zero-order valence-electron chi connectivity index (χ0n) is 6.64. The van der Waals surface area contributed by atoms with Crippen molar-refractivity contribution in [2.45, 2.75) is 19.3 Å². The van der Waals surface area contributed by atoms with Crippen LogP contribution in [0.1, 0.15) is 29.8 Å². The van der Waals surface area contributed by atoms with Crippen molar-refractivity contribution in [2.24, 2.45) is 5.92 Å². The summed E-state index contributed by atoms with van der Waals surface area (Å²) in [5.74, 6) is 0.466. The quantitative estimate of drug-likeness (QED) is 0.703. The summed E-state index contributed by atoms with van der Waals surface area (Å²) in [6.07, 6.45) is 4.91. The van der Waals surface area contributed by atoms with E-state index < -0.39 is 0 Å². The molecular formula is C9H10ClNO. The predicted molar refractivity (Wildman–Crippen MR) is 47.5 cm³/mol. The second-order valence-electron chi connectivity index (χ2n) is 3.22. The summed E-state index contributed by atoms with van der Waals surface area (Å²) < 4.78 is 0. The monoisotopic (exact) mass is 183 g/mol. The summed E-state index contributed by atoms with van der Waals surface area (Å²) in [5.41, 5.74) is 0.657. The lowest BCUT2D eigenvalue weighted by Crippen LogP contribution is -2.22. The van der Waals surface area contributed by atoms with Gasteiger partial charge in [0.05, 0.1) is 10.7 Å². The second kappa shape index (κ2) is 2.94. The minimum atomic E-state index is 0.216. The predicted octanol–water partition coefficient (Wildman–Crippen LogP) is 2.65. The lowest BCUT2D eigenvalue weighted by molar-refractivity contribution is 0.0850. The smallest absolute Gasteiger partial charge is 0.182 e. The maximum absolute atomic E-state index is 11.6. The maximum atomic E-state index is 11.6. The van der Waals surface area contributed by atoms with E-state index in [0.717, 1.165) is 12.8 Å². The Labute approximate surface area is 75.9 Å². The molecule has 0 radical (unpaired) electrons. The molecule has 0 spiro atoms. The third-order valence-corrected chi connectivity index (χ3v) is 2.61. The van der Waals surface area contributed by atoms with Crippen molar-refractivity contribution in [3.8, 4) is 0 Å². The number of rotatable bonds is 2. The molecule has 64 valence electrons. The second-order valence-corrected chi connectivity index (χ2v) is 3.66. The van der Waals surface area contributed by atoms with Gasteiger partial charge >= 0.3 is 0 Å². The first kappa shape index (κ1) is 7.87. The van der Waals surface area contributed by atoms with Crippen molar-refractivity contribution < 1.29 is 4.79 Å². The molecular weight excluding hydrogens is 174 g/mol. The summed E-state index contributed by atoms with van der Waals surface area (Å²) in [6, 6.07) is 1.70. The number of H-pyrrole nitrogens is 1. The van der Waals surface area contributed by atoms with Gasteiger partial charge in [0.1, 0.15) is 0 Å². The highest BCUT2D eigenvalue weighted by atomic mass is 35.5. The van der Waals surface area contributed by atoms with Crippen LogP contribution < -0.4 is 0 Å². The van der Waals surface area contributed by atoms with Gasteiger partial charge in [-0.15, -0.1) is 0 Å². The number of aromatic nitrogens is 1. The van der Waals surface area contributed by atoms with Crippen LogP contribution in [0.15, 0.2) is 12.3 Å². The molecule has 0 bridgehead atoms. The number of nitrogens with one attached hydrogen (secondary N) is 1. The van der Waals surface area contributed by atoms with Crippen LogP contribution in [-0.2, 0) is 0 Å². The first-order valence-electron chi connectivity index (χ1n) is 4.15. The number of carbonyl (C=O) groups excluding carboxylic acids is 1. The molecule has 1 aromatic rings. The van der Waals surface area contributed by atoms with E-state index in [2.05, 4.69) is 4.98 Å². The molecule has 1 aromatic heterocycles. The molecule has 0 aromatic carbocycles. The molecule has 12 heavy (non-hydrogen) atoms. The van der Waals surface area contributed by atoms with Crippen molar-refractivity contribution in [2.75, 3.05) is 0 Å². The molecule has 1 saturated carbocycles. The Bertz CT molecular complexity index is 301. The van der Waals surface area contributed by atoms with Crippen LogP contribution in [0.3, 0.4) is 0 Å². The van der Waals surface area contributed by atoms with Crippen LogP contribution in [0.25, 0.3) is 0 Å². The largest absolute Gasteiger partial charge is 0.357 e. The molecule has 1 aliphatic rings. The lowest BCUT2D eigenvalue weighted by Gasteiger charge is -2.22. The van der Waals surface area contributed by atoms with Gasteiger partial charge in [0, 0.05) is 12.1 Å². The molecule has 1 N–H and O–H groups in total. The maximum Gasteiger partial charge on any atom is 0.182 e. The number of hydrogen-bond donors (Lipinski definition) is 1. The van der Waals surface area contributed by atoms with Crippen LogP contribution in [0, 0.1) is 5.92 Å². The van der Waals surface area contributed by atoms with Gasteiger partial charge < -0.3 is 4.98 Å². The molecule has 0 amide bonds. The van der Waals surface area contributed by atoms with Crippen molar-refractivity contribution in [3.63, 3.8) is 0 Å². The van der Waals surface area contributed by atoms with E-state index in [9.17, 15) is 4.79 Å². The first-order valence-corrected chi connectivity index (χ1v) is 4.53. The minimum Gasteiger partial charge on any atom is -0.357 e. The molecule has 0 unspecified atom stereocenters. The highest BCUT2D eigenvalue weighted by Crippen LogP contribution is 2.29. The third-order valence-electron chi connectivity index (χ3n) is 2.39. The zero-order valence-corrected chi connectivity index (χ0v) is 7.40. The number of Topliss-reactive ketones (excluding diaryl/α,β-unsaturated/α-hetero) is 1. The number of ketones is 1. The van der Waals surface area contributed by atoms with Crippen molar-refractivity contribution in [1.29, 1.82) is 0 Å². The van der Waals surface area contributed by atoms with Gasteiger partial charge in [0.15, 0.2) is 5.78 Å². The molecule has 0 saturated heterocycles. The zero-order chi connectivity index (χ0) is 8.55. The van der Waals surface area contributed by atoms with E-state index in [-0.39, 0.29) is 11.7 Å². The van der Waals surface area contributed by atoms with Crippen LogP contribution in [0.5, 0.6) is 0 Å². The number of hydrogen-bond acceptors (Lipinski definition) is 1. The summed E-state index contributed by atoms with van der Waals surface area (Å²) in [7, 11) is 0. The fourth-order valence-electron chi connectivity index (χ4n) is 1.40. The number of carbonyl (C=O) groups is 1. The molecule has 2 rings (SSSR count). The summed E-state index contributed by atoms with van der Waals surface area (Å²) in [5, 5.41) is 0.609. The molecule has 1 aliphatic carbocycles. The van der Waals surface area contributed by atoms with Gasteiger partial charge in [-0.3, -0.25) is 4.79 Å². The molecule has 1 fully saturated rings. The van der Waals surface area contributed by atoms with Crippen molar-refractivity contribution in [1.82, 2.24) is 4.98 Å². The van der Waals surface area contributed by atoms with E-state index in [0.29, 0.717) is 10.7 Å². The van der Waals surface area contributed by atoms with Crippen LogP contribution in [0.4, 0.5) is 0 Å². The van der Waals surface area contributed by atoms with Gasteiger partial charge in [-0.1, -0.05) is 18.0 Å². The number of aromatic amines is 1. The molecule has 1 heterocycles. The van der Waals surface area contributed by atoms with Crippen molar-refractivity contribution >= 4 is 17.4 Å². The van der Waals surface area contributed by atoms with Gasteiger partial charge in [0.25, 0.3) is 0 Å². The topological polar surface area (TPSA) is 32.9 Å². The molecule has 0 aliphatic heterocycles. The van der Waals surface area contributed by atoms with E-state index in [1.165, 1.54) is 6.42 Å². The standard InChI is InChI=1S/C9H10ClNO/c10-7-4-8(11-5-7)9(12)6-2-1-3-6/h4-6,11H,1-3H2. The Morgan fingerprint density at radius 2 is 2.33 bits per heavy atom. The Morgan fingerprint density at radius 3 is 2.75 bits per heavy atom. The van der Waals surface area contributed by atoms with E-state index >= 15 is 0 Å². The fraction of sp³-hybridized carbons (Fsp3) is 0.444. The van der Waals surface area contributed by atoms with Gasteiger partial charge in [-0.25, -0.2) is 0 Å². The Morgan fingerprint density at radius 1 is 1.58 bits per heavy atom. The minimum absolute atomic E-state index is 0.216. The summed E-state index contributed by atoms with van der Waals surface area (Å²) >= 11 is 5.69. The van der Waals surface area contributed by atoms with Crippen LogP contribution in [0.2, 0.25) is 5.02 Å². The Balaban J connectivity index is 2.13. The molecule has 2 nitrogen and oxygen atoms in total. The molecule has 0 atom stereocenters. The molecule has 3 heteroatoms. The average Bonchev–Trinajstić information content (AvgIpc) is 2.31.